The first-order valence-corrected chi connectivity index (χ1v) is 7.27. The highest BCUT2D eigenvalue weighted by Gasteiger charge is 2.57. The van der Waals surface area contributed by atoms with Crippen LogP contribution < -0.4 is 0 Å². The summed E-state index contributed by atoms with van der Waals surface area (Å²) in [6, 6.07) is 0. The van der Waals surface area contributed by atoms with E-state index >= 15 is 0 Å². The van der Waals surface area contributed by atoms with E-state index < -0.39 is 5.97 Å². The summed E-state index contributed by atoms with van der Waals surface area (Å²) in [4.78, 5) is 11.1. The van der Waals surface area contributed by atoms with Crippen LogP contribution in [0.15, 0.2) is 0 Å². The Morgan fingerprint density at radius 3 is 2.29 bits per heavy atom. The number of carboxylic acids is 1. The van der Waals surface area contributed by atoms with Crippen molar-refractivity contribution in [3.8, 4) is 0 Å². The fraction of sp³-hybridized carbons (Fsp3) is 0.933. The molecular formula is C15H24O2. The third kappa shape index (κ3) is 1.90. The van der Waals surface area contributed by atoms with Crippen LogP contribution in [0.2, 0.25) is 0 Å². The molecule has 0 amide bonds. The highest BCUT2D eigenvalue weighted by molar-refractivity contribution is 5.67. The van der Waals surface area contributed by atoms with Gasteiger partial charge in [-0.05, 0) is 67.6 Å². The Bertz CT molecular complexity index is 320. The van der Waals surface area contributed by atoms with Crippen molar-refractivity contribution in [3.05, 3.63) is 0 Å². The van der Waals surface area contributed by atoms with Gasteiger partial charge < -0.3 is 5.11 Å². The molecule has 2 unspecified atom stereocenters. The monoisotopic (exact) mass is 236 g/mol. The average molecular weight is 236 g/mol. The first-order valence-electron chi connectivity index (χ1n) is 7.27. The normalized spacial score (nSPS) is 47.4. The van der Waals surface area contributed by atoms with Crippen molar-refractivity contribution in [3.63, 3.8) is 0 Å². The molecule has 2 nitrogen and oxygen atoms in total. The van der Waals surface area contributed by atoms with Crippen molar-refractivity contribution in [2.75, 3.05) is 0 Å². The summed E-state index contributed by atoms with van der Waals surface area (Å²) >= 11 is 0. The Morgan fingerprint density at radius 1 is 1.18 bits per heavy atom. The molecule has 2 heteroatoms. The number of hydrogen-bond donors (Lipinski definition) is 1. The highest BCUT2D eigenvalue weighted by Crippen LogP contribution is 2.67. The van der Waals surface area contributed by atoms with Crippen molar-refractivity contribution in [1.29, 1.82) is 0 Å². The fourth-order valence-electron chi connectivity index (χ4n) is 6.00. The Kier molecular flexibility index (Phi) is 2.53. The largest absolute Gasteiger partial charge is 0.481 e. The Hall–Kier alpha value is -0.530. The van der Waals surface area contributed by atoms with Gasteiger partial charge in [0.05, 0.1) is 6.42 Å². The summed E-state index contributed by atoms with van der Waals surface area (Å²) in [6.07, 6.45) is 10.9. The van der Waals surface area contributed by atoms with Crippen LogP contribution >= 0.6 is 0 Å². The lowest BCUT2D eigenvalue weighted by molar-refractivity contribution is -0.153. The zero-order chi connectivity index (χ0) is 12.1. The summed E-state index contributed by atoms with van der Waals surface area (Å²) < 4.78 is 0. The summed E-state index contributed by atoms with van der Waals surface area (Å²) in [5.74, 6) is 1.13. The molecule has 0 heterocycles. The molecule has 4 rings (SSSR count). The van der Waals surface area contributed by atoms with Gasteiger partial charge in [-0.1, -0.05) is 13.3 Å². The second-order valence-corrected chi connectivity index (χ2v) is 7.28. The van der Waals surface area contributed by atoms with Gasteiger partial charge in [0.1, 0.15) is 0 Å². The smallest absolute Gasteiger partial charge is 0.303 e. The molecule has 0 saturated heterocycles. The molecule has 0 spiro atoms. The second kappa shape index (κ2) is 3.73. The van der Waals surface area contributed by atoms with Crippen LogP contribution in [0.3, 0.4) is 0 Å². The standard InChI is InChI=1S/C15H24O2/c1-2-3-14-5-11-4-12(6-14)8-15(7-11,10-14)9-13(16)17/h11-12H,2-10H2,1H3,(H,16,17). The van der Waals surface area contributed by atoms with E-state index in [0.717, 1.165) is 11.8 Å². The zero-order valence-corrected chi connectivity index (χ0v) is 10.9. The predicted octanol–water partition coefficient (Wildman–Crippen LogP) is 3.85. The fourth-order valence-corrected chi connectivity index (χ4v) is 6.00. The molecule has 4 fully saturated rings. The lowest BCUT2D eigenvalue weighted by Crippen LogP contribution is -2.52. The first kappa shape index (κ1) is 11.6. The summed E-state index contributed by atoms with van der Waals surface area (Å²) in [5.41, 5.74) is 0.722. The molecule has 0 aliphatic heterocycles. The van der Waals surface area contributed by atoms with Crippen molar-refractivity contribution in [2.24, 2.45) is 22.7 Å². The molecule has 4 saturated carbocycles. The SMILES string of the molecule is CCCC12CC3CC(C1)CC(CC(=O)O)(C3)C2. The summed E-state index contributed by atoms with van der Waals surface area (Å²) in [6.45, 7) is 2.28. The lowest BCUT2D eigenvalue weighted by atomic mass is 9.43. The number of aliphatic carboxylic acids is 1. The molecule has 0 aromatic heterocycles. The number of carbonyl (C=O) groups is 1. The predicted molar refractivity (Wildman–Crippen MR) is 66.7 cm³/mol. The molecule has 4 aliphatic carbocycles. The van der Waals surface area contributed by atoms with E-state index in [1.54, 1.807) is 0 Å². The van der Waals surface area contributed by atoms with Gasteiger partial charge in [-0.3, -0.25) is 4.79 Å². The molecule has 4 aliphatic rings. The first-order chi connectivity index (χ1) is 8.05. The molecule has 2 atom stereocenters. The molecule has 0 aromatic carbocycles. The molecule has 96 valence electrons. The number of rotatable bonds is 4. The number of carboxylic acid groups (broad SMARTS) is 1. The van der Waals surface area contributed by atoms with Crippen molar-refractivity contribution >= 4 is 5.97 Å². The van der Waals surface area contributed by atoms with Gasteiger partial charge in [0.15, 0.2) is 0 Å². The van der Waals surface area contributed by atoms with Gasteiger partial charge in [-0.2, -0.15) is 0 Å². The van der Waals surface area contributed by atoms with E-state index in [1.807, 2.05) is 0 Å². The van der Waals surface area contributed by atoms with Crippen LogP contribution in [0.1, 0.15) is 64.7 Å². The minimum atomic E-state index is -0.571. The molecule has 0 aromatic rings. The maximum atomic E-state index is 11.1. The van der Waals surface area contributed by atoms with Gasteiger partial charge in [0.2, 0.25) is 0 Å². The van der Waals surface area contributed by atoms with E-state index in [0.29, 0.717) is 11.8 Å². The quantitative estimate of drug-likeness (QED) is 0.805. The molecule has 4 bridgehead atoms. The van der Waals surface area contributed by atoms with Crippen LogP contribution in [-0.4, -0.2) is 11.1 Å². The third-order valence-electron chi connectivity index (χ3n) is 5.61. The van der Waals surface area contributed by atoms with Crippen LogP contribution in [0.5, 0.6) is 0 Å². The summed E-state index contributed by atoms with van der Waals surface area (Å²) in [7, 11) is 0. The molecule has 1 N–H and O–H groups in total. The van der Waals surface area contributed by atoms with Crippen molar-refractivity contribution in [1.82, 2.24) is 0 Å². The van der Waals surface area contributed by atoms with Gasteiger partial charge in [-0.25, -0.2) is 0 Å². The van der Waals surface area contributed by atoms with Crippen LogP contribution in [0.4, 0.5) is 0 Å². The summed E-state index contributed by atoms with van der Waals surface area (Å²) in [5, 5.41) is 9.19. The van der Waals surface area contributed by atoms with Gasteiger partial charge in [-0.15, -0.1) is 0 Å². The van der Waals surface area contributed by atoms with Gasteiger partial charge in [0.25, 0.3) is 0 Å². The maximum absolute atomic E-state index is 11.1. The van der Waals surface area contributed by atoms with E-state index in [9.17, 15) is 9.90 Å². The lowest BCUT2D eigenvalue weighted by Gasteiger charge is -2.62. The van der Waals surface area contributed by atoms with E-state index in [1.165, 1.54) is 51.4 Å². The van der Waals surface area contributed by atoms with Gasteiger partial charge >= 0.3 is 5.97 Å². The average Bonchev–Trinajstić information content (AvgIpc) is 2.11. The number of hydrogen-bond acceptors (Lipinski definition) is 1. The Morgan fingerprint density at radius 2 is 1.76 bits per heavy atom. The second-order valence-electron chi connectivity index (χ2n) is 7.28. The zero-order valence-electron chi connectivity index (χ0n) is 10.9. The highest BCUT2D eigenvalue weighted by atomic mass is 16.4. The van der Waals surface area contributed by atoms with Crippen molar-refractivity contribution in [2.45, 2.75) is 64.7 Å². The van der Waals surface area contributed by atoms with Gasteiger partial charge in [0, 0.05) is 0 Å². The molecule has 17 heavy (non-hydrogen) atoms. The van der Waals surface area contributed by atoms with E-state index in [-0.39, 0.29) is 5.41 Å². The maximum Gasteiger partial charge on any atom is 0.303 e. The third-order valence-corrected chi connectivity index (χ3v) is 5.61. The van der Waals surface area contributed by atoms with Crippen molar-refractivity contribution < 1.29 is 9.90 Å². The topological polar surface area (TPSA) is 37.3 Å². The van der Waals surface area contributed by atoms with E-state index in [2.05, 4.69) is 6.92 Å². The molecular weight excluding hydrogens is 212 g/mol. The minimum absolute atomic E-state index is 0.186. The van der Waals surface area contributed by atoms with E-state index in [4.69, 9.17) is 0 Å². The molecule has 0 radical (unpaired) electrons. The Balaban J connectivity index is 1.86. The van der Waals surface area contributed by atoms with Crippen LogP contribution in [0, 0.1) is 22.7 Å². The van der Waals surface area contributed by atoms with Crippen LogP contribution in [-0.2, 0) is 4.79 Å². The van der Waals surface area contributed by atoms with Crippen LogP contribution in [0.25, 0.3) is 0 Å². The Labute approximate surface area is 104 Å². The minimum Gasteiger partial charge on any atom is -0.481 e.